The Balaban J connectivity index is 2.23. The standard InChI is InChI=1S/C11H15NO4S/c1-15-10-4-6-11(7-5-10)17(13,14)12-8-2-3-9-16-12/h4-7H,2-3,8-9H2,1H3. The van der Waals surface area contributed by atoms with Crippen LogP contribution in [0.1, 0.15) is 12.8 Å². The summed E-state index contributed by atoms with van der Waals surface area (Å²) in [6.07, 6.45) is 1.73. The smallest absolute Gasteiger partial charge is 0.265 e. The van der Waals surface area contributed by atoms with Crippen LogP contribution in [0.5, 0.6) is 5.75 Å². The van der Waals surface area contributed by atoms with Gasteiger partial charge in [-0.25, -0.2) is 8.42 Å². The Morgan fingerprint density at radius 1 is 1.24 bits per heavy atom. The molecule has 0 N–H and O–H groups in total. The molecule has 1 aromatic rings. The van der Waals surface area contributed by atoms with E-state index < -0.39 is 10.0 Å². The van der Waals surface area contributed by atoms with Gasteiger partial charge in [0.2, 0.25) is 0 Å². The maximum absolute atomic E-state index is 12.1. The molecule has 0 atom stereocenters. The number of hydroxylamine groups is 1. The summed E-state index contributed by atoms with van der Waals surface area (Å²) in [5, 5.41) is 0. The number of rotatable bonds is 3. The zero-order valence-electron chi connectivity index (χ0n) is 9.63. The second-order valence-electron chi connectivity index (χ2n) is 3.75. The Morgan fingerprint density at radius 2 is 1.94 bits per heavy atom. The van der Waals surface area contributed by atoms with Crippen molar-refractivity contribution >= 4 is 10.0 Å². The average Bonchev–Trinajstić information content (AvgIpc) is 2.40. The number of nitrogens with zero attached hydrogens (tertiary/aromatic N) is 1. The lowest BCUT2D eigenvalue weighted by atomic mass is 10.3. The van der Waals surface area contributed by atoms with Gasteiger partial charge in [0.05, 0.1) is 18.6 Å². The van der Waals surface area contributed by atoms with E-state index in [1.807, 2.05) is 0 Å². The minimum absolute atomic E-state index is 0.222. The van der Waals surface area contributed by atoms with Crippen LogP contribution in [0.4, 0.5) is 0 Å². The lowest BCUT2D eigenvalue weighted by molar-refractivity contribution is -0.108. The second kappa shape index (κ2) is 5.03. The Labute approximate surface area is 101 Å². The van der Waals surface area contributed by atoms with E-state index >= 15 is 0 Å². The Kier molecular flexibility index (Phi) is 3.66. The Morgan fingerprint density at radius 3 is 2.47 bits per heavy atom. The van der Waals surface area contributed by atoms with E-state index in [0.29, 0.717) is 18.9 Å². The summed E-state index contributed by atoms with van der Waals surface area (Å²) in [4.78, 5) is 5.39. The van der Waals surface area contributed by atoms with Gasteiger partial charge in [0.15, 0.2) is 0 Å². The second-order valence-corrected chi connectivity index (χ2v) is 5.58. The maximum atomic E-state index is 12.1. The fourth-order valence-corrected chi connectivity index (χ4v) is 2.93. The highest BCUT2D eigenvalue weighted by molar-refractivity contribution is 7.89. The summed E-state index contributed by atoms with van der Waals surface area (Å²) in [5.41, 5.74) is 0. The third-order valence-corrected chi connectivity index (χ3v) is 4.29. The number of hydrogen-bond donors (Lipinski definition) is 0. The third kappa shape index (κ3) is 2.59. The predicted molar refractivity (Wildman–Crippen MR) is 62.1 cm³/mol. The number of methoxy groups -OCH3 is 1. The van der Waals surface area contributed by atoms with Gasteiger partial charge in [-0.05, 0) is 37.1 Å². The van der Waals surface area contributed by atoms with E-state index in [1.54, 1.807) is 12.1 Å². The molecule has 0 amide bonds. The third-order valence-electron chi connectivity index (χ3n) is 2.60. The number of hydrogen-bond acceptors (Lipinski definition) is 4. The summed E-state index contributed by atoms with van der Waals surface area (Å²) in [6, 6.07) is 6.28. The highest BCUT2D eigenvalue weighted by atomic mass is 32.2. The van der Waals surface area contributed by atoms with Gasteiger partial charge in [0, 0.05) is 6.54 Å². The molecule has 1 aliphatic heterocycles. The van der Waals surface area contributed by atoms with Crippen molar-refractivity contribution in [1.82, 2.24) is 4.47 Å². The van der Waals surface area contributed by atoms with Gasteiger partial charge in [-0.1, -0.05) is 4.47 Å². The molecule has 0 aromatic heterocycles. The molecule has 5 nitrogen and oxygen atoms in total. The van der Waals surface area contributed by atoms with Gasteiger partial charge in [0.1, 0.15) is 5.75 Å². The lowest BCUT2D eigenvalue weighted by Crippen LogP contribution is -2.35. The first kappa shape index (κ1) is 12.3. The Hall–Kier alpha value is -1.11. The van der Waals surface area contributed by atoms with Gasteiger partial charge in [-0.2, -0.15) is 0 Å². The molecular weight excluding hydrogens is 242 g/mol. The summed E-state index contributed by atoms with van der Waals surface area (Å²) < 4.78 is 30.3. The molecule has 0 saturated carbocycles. The lowest BCUT2D eigenvalue weighted by Gasteiger charge is -2.25. The molecule has 1 fully saturated rings. The maximum Gasteiger partial charge on any atom is 0.265 e. The topological polar surface area (TPSA) is 55.8 Å². The largest absolute Gasteiger partial charge is 0.497 e. The molecule has 6 heteroatoms. The molecule has 1 saturated heterocycles. The molecule has 0 spiro atoms. The first-order valence-electron chi connectivity index (χ1n) is 5.44. The fourth-order valence-electron chi connectivity index (χ4n) is 1.63. The first-order valence-corrected chi connectivity index (χ1v) is 6.88. The van der Waals surface area contributed by atoms with Crippen molar-refractivity contribution in [2.45, 2.75) is 17.7 Å². The van der Waals surface area contributed by atoms with Crippen LogP contribution >= 0.6 is 0 Å². The van der Waals surface area contributed by atoms with Gasteiger partial charge in [-0.15, -0.1) is 0 Å². The highest BCUT2D eigenvalue weighted by Crippen LogP contribution is 2.21. The van der Waals surface area contributed by atoms with Crippen LogP contribution in [0, 0.1) is 0 Å². The molecule has 2 rings (SSSR count). The molecular formula is C11H15NO4S. The van der Waals surface area contributed by atoms with Crippen LogP contribution in [0.15, 0.2) is 29.2 Å². The summed E-state index contributed by atoms with van der Waals surface area (Å²) in [5.74, 6) is 0.628. The highest BCUT2D eigenvalue weighted by Gasteiger charge is 2.27. The van der Waals surface area contributed by atoms with Crippen molar-refractivity contribution < 1.29 is 18.0 Å². The van der Waals surface area contributed by atoms with Crippen molar-refractivity contribution in [3.8, 4) is 5.75 Å². The molecule has 1 aromatic carbocycles. The van der Waals surface area contributed by atoms with Crippen molar-refractivity contribution in [3.63, 3.8) is 0 Å². The number of sulfonamides is 1. The van der Waals surface area contributed by atoms with E-state index in [0.717, 1.165) is 17.3 Å². The minimum Gasteiger partial charge on any atom is -0.497 e. The molecule has 0 bridgehead atoms. The minimum atomic E-state index is -3.53. The summed E-state index contributed by atoms with van der Waals surface area (Å²) in [6.45, 7) is 0.865. The van der Waals surface area contributed by atoms with Crippen LogP contribution in [0.25, 0.3) is 0 Å². The Bertz CT molecular complexity index is 463. The fraction of sp³-hybridized carbons (Fsp3) is 0.455. The van der Waals surface area contributed by atoms with Gasteiger partial charge in [0.25, 0.3) is 10.0 Å². The molecule has 0 unspecified atom stereocenters. The van der Waals surface area contributed by atoms with Gasteiger partial charge < -0.3 is 4.74 Å². The van der Waals surface area contributed by atoms with E-state index in [2.05, 4.69) is 0 Å². The molecule has 94 valence electrons. The van der Waals surface area contributed by atoms with Crippen molar-refractivity contribution in [2.75, 3.05) is 20.3 Å². The van der Waals surface area contributed by atoms with Crippen molar-refractivity contribution in [1.29, 1.82) is 0 Å². The van der Waals surface area contributed by atoms with Gasteiger partial charge >= 0.3 is 0 Å². The van der Waals surface area contributed by atoms with E-state index in [9.17, 15) is 8.42 Å². The number of ether oxygens (including phenoxy) is 1. The molecule has 0 radical (unpaired) electrons. The molecule has 1 aliphatic rings. The summed E-state index contributed by atoms with van der Waals surface area (Å²) in [7, 11) is -1.99. The molecule has 1 heterocycles. The SMILES string of the molecule is COc1ccc(S(=O)(=O)N2CCCCO2)cc1. The molecule has 0 aliphatic carbocycles. The van der Waals surface area contributed by atoms with Crippen LogP contribution in [0.3, 0.4) is 0 Å². The predicted octanol–water partition coefficient (Wildman–Crippen LogP) is 1.41. The number of benzene rings is 1. The summed E-state index contributed by atoms with van der Waals surface area (Å²) >= 11 is 0. The van der Waals surface area contributed by atoms with Crippen LogP contribution in [-0.4, -0.2) is 33.1 Å². The monoisotopic (exact) mass is 257 g/mol. The molecule has 17 heavy (non-hydrogen) atoms. The van der Waals surface area contributed by atoms with E-state index in [1.165, 1.54) is 19.2 Å². The van der Waals surface area contributed by atoms with E-state index in [-0.39, 0.29) is 4.90 Å². The zero-order valence-corrected chi connectivity index (χ0v) is 10.4. The normalized spacial score (nSPS) is 17.9. The van der Waals surface area contributed by atoms with Gasteiger partial charge in [-0.3, -0.25) is 4.84 Å². The van der Waals surface area contributed by atoms with Crippen LogP contribution in [-0.2, 0) is 14.9 Å². The van der Waals surface area contributed by atoms with Crippen LogP contribution in [0.2, 0.25) is 0 Å². The van der Waals surface area contributed by atoms with E-state index in [4.69, 9.17) is 9.57 Å². The quantitative estimate of drug-likeness (QED) is 0.821. The van der Waals surface area contributed by atoms with Crippen molar-refractivity contribution in [3.05, 3.63) is 24.3 Å². The van der Waals surface area contributed by atoms with Crippen LogP contribution < -0.4 is 4.74 Å². The average molecular weight is 257 g/mol. The first-order chi connectivity index (χ1) is 8.14. The zero-order chi connectivity index (χ0) is 12.3. The van der Waals surface area contributed by atoms with Crippen molar-refractivity contribution in [2.24, 2.45) is 0 Å².